The van der Waals surface area contributed by atoms with Crippen LogP contribution in [0.15, 0.2) is 18.2 Å². The van der Waals surface area contributed by atoms with Crippen LogP contribution in [0.3, 0.4) is 0 Å². The van der Waals surface area contributed by atoms with Crippen molar-refractivity contribution >= 4 is 36.9 Å². The van der Waals surface area contributed by atoms with Crippen LogP contribution in [0.25, 0.3) is 0 Å². The van der Waals surface area contributed by atoms with Gasteiger partial charge in [0.05, 0.1) is 12.7 Å². The molecular weight excluding hydrogens is 407 g/mol. The zero-order valence-electron chi connectivity index (χ0n) is 14.6. The van der Waals surface area contributed by atoms with Gasteiger partial charge in [0.1, 0.15) is 5.75 Å². The lowest BCUT2D eigenvalue weighted by Crippen LogP contribution is -2.50. The summed E-state index contributed by atoms with van der Waals surface area (Å²) in [6, 6.07) is 5.63. The second-order valence-corrected chi connectivity index (χ2v) is 13.1. The standard InChI is InChI=1S/C17H27IO3Si/c1-11(2)22(12(3)4,13(5)6)21-14-8-9-15(16(18)10-14)17(19)20-7/h8-13H,1-7H3. The molecule has 1 aromatic rings. The van der Waals surface area contributed by atoms with Gasteiger partial charge in [-0.1, -0.05) is 41.5 Å². The third-order valence-corrected chi connectivity index (χ3v) is 11.2. The molecule has 0 fully saturated rings. The van der Waals surface area contributed by atoms with Crippen molar-refractivity contribution in [1.29, 1.82) is 0 Å². The Morgan fingerprint density at radius 1 is 1.05 bits per heavy atom. The first-order valence-corrected chi connectivity index (χ1v) is 11.0. The third kappa shape index (κ3) is 3.85. The molecule has 0 N–H and O–H groups in total. The van der Waals surface area contributed by atoms with Crippen molar-refractivity contribution in [2.45, 2.75) is 58.2 Å². The molecule has 0 saturated heterocycles. The molecule has 5 heteroatoms. The van der Waals surface area contributed by atoms with Crippen LogP contribution in [-0.2, 0) is 4.74 Å². The lowest BCUT2D eigenvalue weighted by Gasteiger charge is -2.42. The minimum absolute atomic E-state index is 0.309. The third-order valence-electron chi connectivity index (χ3n) is 4.35. The van der Waals surface area contributed by atoms with Crippen LogP contribution in [0.5, 0.6) is 5.75 Å². The minimum atomic E-state index is -1.96. The summed E-state index contributed by atoms with van der Waals surface area (Å²) in [6.07, 6.45) is 0. The Hall–Kier alpha value is -0.563. The van der Waals surface area contributed by atoms with Gasteiger partial charge >= 0.3 is 5.97 Å². The number of hydrogen-bond acceptors (Lipinski definition) is 3. The number of carbonyl (C=O) groups is 1. The molecule has 22 heavy (non-hydrogen) atoms. The van der Waals surface area contributed by atoms with E-state index in [9.17, 15) is 4.79 Å². The van der Waals surface area contributed by atoms with Crippen molar-refractivity contribution in [3.63, 3.8) is 0 Å². The molecule has 0 atom stereocenters. The van der Waals surface area contributed by atoms with Crippen molar-refractivity contribution in [2.24, 2.45) is 0 Å². The van der Waals surface area contributed by atoms with E-state index in [1.807, 2.05) is 12.1 Å². The molecule has 0 heterocycles. The Labute approximate surface area is 149 Å². The van der Waals surface area contributed by atoms with E-state index < -0.39 is 8.32 Å². The van der Waals surface area contributed by atoms with Crippen molar-refractivity contribution in [2.75, 3.05) is 7.11 Å². The van der Waals surface area contributed by atoms with Gasteiger partial charge in [0.15, 0.2) is 0 Å². The zero-order valence-corrected chi connectivity index (χ0v) is 17.7. The molecule has 124 valence electrons. The number of carbonyl (C=O) groups excluding carboxylic acids is 1. The predicted octanol–water partition coefficient (Wildman–Crippen LogP) is 5.63. The first kappa shape index (κ1) is 19.5. The summed E-state index contributed by atoms with van der Waals surface area (Å²) in [4.78, 5) is 11.7. The minimum Gasteiger partial charge on any atom is -0.543 e. The number of halogens is 1. The number of esters is 1. The van der Waals surface area contributed by atoms with Crippen LogP contribution < -0.4 is 4.43 Å². The van der Waals surface area contributed by atoms with E-state index in [-0.39, 0.29) is 5.97 Å². The van der Waals surface area contributed by atoms with Gasteiger partial charge in [0.25, 0.3) is 8.32 Å². The topological polar surface area (TPSA) is 35.5 Å². The Balaban J connectivity index is 3.20. The van der Waals surface area contributed by atoms with E-state index in [1.54, 1.807) is 6.07 Å². The maximum absolute atomic E-state index is 11.7. The lowest BCUT2D eigenvalue weighted by atomic mass is 10.2. The fourth-order valence-corrected chi connectivity index (χ4v) is 9.34. The van der Waals surface area contributed by atoms with Crippen molar-refractivity contribution in [1.82, 2.24) is 0 Å². The SMILES string of the molecule is COC(=O)c1ccc(O[Si](C(C)C)(C(C)C)C(C)C)cc1I. The van der Waals surface area contributed by atoms with Crippen molar-refractivity contribution in [3.8, 4) is 5.75 Å². The van der Waals surface area contributed by atoms with Gasteiger partial charge in [-0.15, -0.1) is 0 Å². The quantitative estimate of drug-likeness (QED) is 0.331. The second-order valence-electron chi connectivity index (χ2n) is 6.55. The normalized spacial score (nSPS) is 12.1. The van der Waals surface area contributed by atoms with Crippen molar-refractivity contribution < 1.29 is 14.0 Å². The van der Waals surface area contributed by atoms with Crippen LogP contribution in [0.4, 0.5) is 0 Å². The molecule has 0 amide bonds. The van der Waals surface area contributed by atoms with Crippen molar-refractivity contribution in [3.05, 3.63) is 27.3 Å². The van der Waals surface area contributed by atoms with E-state index >= 15 is 0 Å². The molecule has 0 bridgehead atoms. The first-order chi connectivity index (χ1) is 10.2. The number of ether oxygens (including phenoxy) is 1. The zero-order chi connectivity index (χ0) is 17.1. The molecule has 1 rings (SSSR count). The van der Waals surface area contributed by atoms with Gasteiger partial charge in [-0.2, -0.15) is 0 Å². The highest BCUT2D eigenvalue weighted by molar-refractivity contribution is 14.1. The fourth-order valence-electron chi connectivity index (χ4n) is 3.39. The maximum Gasteiger partial charge on any atom is 0.338 e. The molecule has 0 unspecified atom stereocenters. The molecule has 0 spiro atoms. The van der Waals surface area contributed by atoms with Crippen LogP contribution in [0, 0.1) is 3.57 Å². The summed E-state index contributed by atoms with van der Waals surface area (Å²) in [5.74, 6) is 0.552. The van der Waals surface area contributed by atoms with Gasteiger partial charge in [-0.3, -0.25) is 0 Å². The molecule has 0 aromatic heterocycles. The van der Waals surface area contributed by atoms with Gasteiger partial charge < -0.3 is 9.16 Å². The molecule has 1 aromatic carbocycles. The highest BCUT2D eigenvalue weighted by Crippen LogP contribution is 2.43. The average Bonchev–Trinajstić information content (AvgIpc) is 2.42. The number of hydrogen-bond donors (Lipinski definition) is 0. The van der Waals surface area contributed by atoms with Crippen LogP contribution in [-0.4, -0.2) is 21.4 Å². The van der Waals surface area contributed by atoms with E-state index in [4.69, 9.17) is 9.16 Å². The predicted molar refractivity (Wildman–Crippen MR) is 102 cm³/mol. The van der Waals surface area contributed by atoms with E-state index in [0.29, 0.717) is 22.2 Å². The number of benzene rings is 1. The van der Waals surface area contributed by atoms with Gasteiger partial charge in [0, 0.05) is 3.57 Å². The number of methoxy groups -OCH3 is 1. The van der Waals surface area contributed by atoms with Crippen LogP contribution >= 0.6 is 22.6 Å². The summed E-state index contributed by atoms with van der Waals surface area (Å²) in [5.41, 5.74) is 2.14. The molecule has 0 aliphatic rings. The molecule has 0 aliphatic heterocycles. The molecule has 0 saturated carbocycles. The first-order valence-electron chi connectivity index (χ1n) is 7.73. The van der Waals surface area contributed by atoms with E-state index in [2.05, 4.69) is 64.1 Å². The largest absolute Gasteiger partial charge is 0.543 e. The second kappa shape index (κ2) is 7.81. The Morgan fingerprint density at radius 2 is 1.55 bits per heavy atom. The van der Waals surface area contributed by atoms with Gasteiger partial charge in [0.2, 0.25) is 0 Å². The highest BCUT2D eigenvalue weighted by Gasteiger charge is 2.47. The lowest BCUT2D eigenvalue weighted by molar-refractivity contribution is 0.0599. The van der Waals surface area contributed by atoms with E-state index in [0.717, 1.165) is 9.32 Å². The Morgan fingerprint density at radius 3 is 1.91 bits per heavy atom. The van der Waals surface area contributed by atoms with Gasteiger partial charge in [-0.25, -0.2) is 4.79 Å². The summed E-state index contributed by atoms with van der Waals surface area (Å²) in [6.45, 7) is 13.6. The summed E-state index contributed by atoms with van der Waals surface area (Å²) in [7, 11) is -0.564. The molecule has 3 nitrogen and oxygen atoms in total. The summed E-state index contributed by atoms with van der Waals surface area (Å²) < 4.78 is 12.3. The molecule has 0 radical (unpaired) electrons. The monoisotopic (exact) mass is 434 g/mol. The maximum atomic E-state index is 11.7. The van der Waals surface area contributed by atoms with E-state index in [1.165, 1.54) is 7.11 Å². The van der Waals surface area contributed by atoms with Gasteiger partial charge in [-0.05, 0) is 57.4 Å². The highest BCUT2D eigenvalue weighted by atomic mass is 127. The summed E-state index contributed by atoms with van der Waals surface area (Å²) in [5, 5.41) is 0. The molecule has 0 aliphatic carbocycles. The molecular formula is C17H27IO3Si. The Bertz CT molecular complexity index is 505. The van der Waals surface area contributed by atoms with Crippen LogP contribution in [0.1, 0.15) is 51.9 Å². The number of rotatable bonds is 6. The fraction of sp³-hybridized carbons (Fsp3) is 0.588. The van der Waals surface area contributed by atoms with Crippen LogP contribution in [0.2, 0.25) is 16.6 Å². The summed E-state index contributed by atoms with van der Waals surface area (Å²) >= 11 is 2.16. The average molecular weight is 434 g/mol. The Kier molecular flexibility index (Phi) is 6.92. The smallest absolute Gasteiger partial charge is 0.338 e.